The molecule has 0 N–H and O–H groups in total. The van der Waals surface area contributed by atoms with Crippen molar-refractivity contribution in [3.8, 4) is 27.9 Å². The van der Waals surface area contributed by atoms with Crippen LogP contribution in [0.2, 0.25) is 0 Å². The van der Waals surface area contributed by atoms with Gasteiger partial charge in [-0.1, -0.05) is 109 Å². The summed E-state index contributed by atoms with van der Waals surface area (Å²) in [6.07, 6.45) is 0. The zero-order valence-corrected chi connectivity index (χ0v) is 32.2. The van der Waals surface area contributed by atoms with Crippen LogP contribution >= 0.6 is 11.3 Å². The molecule has 9 aromatic carbocycles. The minimum Gasteiger partial charge on any atom is -0.456 e. The molecular weight excluding hydrogens is 725 g/mol. The van der Waals surface area contributed by atoms with Gasteiger partial charge in [0.2, 0.25) is 0 Å². The molecule has 3 heterocycles. The molecule has 3 nitrogen and oxygen atoms in total. The van der Waals surface area contributed by atoms with E-state index in [0.29, 0.717) is 0 Å². The molecule has 0 saturated carbocycles. The minimum atomic E-state index is 0.871. The van der Waals surface area contributed by atoms with Gasteiger partial charge in [-0.3, -0.25) is 0 Å². The third-order valence-corrected chi connectivity index (χ3v) is 12.8. The Morgan fingerprint density at radius 2 is 0.897 bits per heavy atom. The van der Waals surface area contributed by atoms with Crippen molar-refractivity contribution in [2.45, 2.75) is 0 Å². The highest BCUT2D eigenvalue weighted by molar-refractivity contribution is 7.25. The molecule has 12 rings (SSSR count). The van der Waals surface area contributed by atoms with Crippen LogP contribution in [-0.4, -0.2) is 4.57 Å². The van der Waals surface area contributed by atoms with Gasteiger partial charge in [0, 0.05) is 70.5 Å². The maximum absolute atomic E-state index is 6.40. The second-order valence-corrected chi connectivity index (χ2v) is 16.0. The zero-order valence-electron chi connectivity index (χ0n) is 31.3. The van der Waals surface area contributed by atoms with Gasteiger partial charge in [-0.15, -0.1) is 11.3 Å². The average Bonchev–Trinajstić information content (AvgIpc) is 3.96. The van der Waals surface area contributed by atoms with Gasteiger partial charge in [0.1, 0.15) is 11.2 Å². The van der Waals surface area contributed by atoms with E-state index >= 15 is 0 Å². The molecule has 58 heavy (non-hydrogen) atoms. The maximum Gasteiger partial charge on any atom is 0.137 e. The largest absolute Gasteiger partial charge is 0.456 e. The molecule has 0 saturated heterocycles. The lowest BCUT2D eigenvalue weighted by atomic mass is 10.0. The summed E-state index contributed by atoms with van der Waals surface area (Å²) in [4.78, 5) is 2.33. The summed E-state index contributed by atoms with van der Waals surface area (Å²) >= 11 is 1.85. The number of para-hydroxylation sites is 3. The van der Waals surface area contributed by atoms with Crippen LogP contribution in [0.5, 0.6) is 0 Å². The van der Waals surface area contributed by atoms with E-state index in [1.54, 1.807) is 0 Å². The number of hydrogen-bond acceptors (Lipinski definition) is 3. The number of hydrogen-bond donors (Lipinski definition) is 0. The van der Waals surface area contributed by atoms with Crippen molar-refractivity contribution >= 4 is 92.3 Å². The molecule has 0 unspecified atom stereocenters. The smallest absolute Gasteiger partial charge is 0.137 e. The van der Waals surface area contributed by atoms with E-state index in [1.807, 2.05) is 23.5 Å². The van der Waals surface area contributed by atoms with Crippen molar-refractivity contribution in [2.75, 3.05) is 4.90 Å². The van der Waals surface area contributed by atoms with Gasteiger partial charge in [0.15, 0.2) is 0 Å². The Balaban J connectivity index is 0.948. The van der Waals surface area contributed by atoms with Crippen LogP contribution in [0.25, 0.3) is 91.9 Å². The summed E-state index contributed by atoms with van der Waals surface area (Å²) < 4.78 is 11.4. The first-order chi connectivity index (χ1) is 28.7. The van der Waals surface area contributed by atoms with E-state index in [2.05, 4.69) is 204 Å². The van der Waals surface area contributed by atoms with Crippen molar-refractivity contribution < 1.29 is 4.42 Å². The first-order valence-corrected chi connectivity index (χ1v) is 20.5. The number of furan rings is 1. The third kappa shape index (κ3) is 5.27. The summed E-state index contributed by atoms with van der Waals surface area (Å²) in [5, 5.41) is 7.36. The fourth-order valence-electron chi connectivity index (χ4n) is 8.82. The number of thiophene rings is 1. The van der Waals surface area contributed by atoms with Gasteiger partial charge in [0.25, 0.3) is 0 Å². The van der Waals surface area contributed by atoms with E-state index in [4.69, 9.17) is 4.42 Å². The molecule has 4 heteroatoms. The molecule has 0 spiro atoms. The third-order valence-electron chi connectivity index (χ3n) is 11.6. The molecule has 0 aliphatic carbocycles. The fraction of sp³-hybridized carbons (Fsp3) is 0. The lowest BCUT2D eigenvalue weighted by Gasteiger charge is -2.26. The lowest BCUT2D eigenvalue weighted by Crippen LogP contribution is -2.09. The van der Waals surface area contributed by atoms with E-state index in [-0.39, 0.29) is 0 Å². The van der Waals surface area contributed by atoms with Crippen molar-refractivity contribution in [1.29, 1.82) is 0 Å². The van der Waals surface area contributed by atoms with Gasteiger partial charge < -0.3 is 13.9 Å². The Morgan fingerprint density at radius 3 is 1.67 bits per heavy atom. The molecule has 0 bridgehead atoms. The minimum absolute atomic E-state index is 0.871. The number of fused-ring (bicyclic) bond motifs is 9. The number of rotatable bonds is 6. The molecule has 3 aromatic heterocycles. The first-order valence-electron chi connectivity index (χ1n) is 19.7. The fourth-order valence-corrected chi connectivity index (χ4v) is 9.91. The maximum atomic E-state index is 6.40. The van der Waals surface area contributed by atoms with Gasteiger partial charge in [-0.05, 0) is 113 Å². The molecule has 0 aliphatic rings. The Morgan fingerprint density at radius 1 is 0.345 bits per heavy atom. The Kier molecular flexibility index (Phi) is 7.40. The molecule has 0 atom stereocenters. The average molecular weight is 759 g/mol. The molecule has 0 radical (unpaired) electrons. The van der Waals surface area contributed by atoms with Gasteiger partial charge in [-0.25, -0.2) is 0 Å². The molecule has 12 aromatic rings. The topological polar surface area (TPSA) is 21.3 Å². The number of nitrogens with zero attached hydrogens (tertiary/aromatic N) is 2. The summed E-state index contributed by atoms with van der Waals surface area (Å²) in [6, 6.07) is 74.5. The van der Waals surface area contributed by atoms with E-state index < -0.39 is 0 Å². The van der Waals surface area contributed by atoms with E-state index in [9.17, 15) is 0 Å². The normalized spacial score (nSPS) is 11.8. The van der Waals surface area contributed by atoms with Crippen LogP contribution in [0, 0.1) is 0 Å². The summed E-state index contributed by atoms with van der Waals surface area (Å²) in [5.41, 5.74) is 13.3. The highest BCUT2D eigenvalue weighted by Gasteiger charge is 2.18. The monoisotopic (exact) mass is 758 g/mol. The van der Waals surface area contributed by atoms with Crippen molar-refractivity contribution in [3.05, 3.63) is 206 Å². The first kappa shape index (κ1) is 32.8. The molecule has 0 aliphatic heterocycles. The van der Waals surface area contributed by atoms with Crippen LogP contribution in [0.1, 0.15) is 0 Å². The summed E-state index contributed by atoms with van der Waals surface area (Å²) in [5.74, 6) is 0. The lowest BCUT2D eigenvalue weighted by molar-refractivity contribution is 0.669. The van der Waals surface area contributed by atoms with Gasteiger partial charge in [0.05, 0.1) is 11.0 Å². The Bertz CT molecular complexity index is 3500. The van der Waals surface area contributed by atoms with Crippen molar-refractivity contribution in [2.24, 2.45) is 0 Å². The predicted octanol–water partition coefficient (Wildman–Crippen LogP) is 15.9. The number of anilines is 3. The molecule has 272 valence electrons. The van der Waals surface area contributed by atoms with Crippen LogP contribution in [0.3, 0.4) is 0 Å². The highest BCUT2D eigenvalue weighted by atomic mass is 32.1. The molecular formula is C54H34N2OS. The highest BCUT2D eigenvalue weighted by Crippen LogP contribution is 2.42. The second-order valence-electron chi connectivity index (χ2n) is 14.9. The Hall–Kier alpha value is -7.40. The van der Waals surface area contributed by atoms with Crippen molar-refractivity contribution in [1.82, 2.24) is 4.57 Å². The number of aromatic nitrogens is 1. The number of benzene rings is 9. The predicted molar refractivity (Wildman–Crippen MR) is 247 cm³/mol. The van der Waals surface area contributed by atoms with Crippen LogP contribution < -0.4 is 4.90 Å². The van der Waals surface area contributed by atoms with Gasteiger partial charge in [-0.2, -0.15) is 0 Å². The van der Waals surface area contributed by atoms with Gasteiger partial charge >= 0.3 is 0 Å². The van der Waals surface area contributed by atoms with Crippen LogP contribution in [0.15, 0.2) is 211 Å². The quantitative estimate of drug-likeness (QED) is 0.168. The van der Waals surface area contributed by atoms with Crippen molar-refractivity contribution in [3.63, 3.8) is 0 Å². The standard InChI is InChI=1S/C54H34N2OS/c1-2-10-39(11-3-1)56-49-15-7-4-12-43(49)47-32-37(22-30-50(47)56)35-18-24-40(25-19-35)55(42-28-29-45-44-13-5-8-16-51(44)57-52(45)34-42)41-26-20-36(21-27-41)38-23-31-54-48(33-38)46-14-6-9-17-53(46)58-54/h1-34H. The summed E-state index contributed by atoms with van der Waals surface area (Å²) in [7, 11) is 0. The zero-order chi connectivity index (χ0) is 38.2. The summed E-state index contributed by atoms with van der Waals surface area (Å²) in [6.45, 7) is 0. The molecule has 0 fully saturated rings. The molecule has 0 amide bonds. The van der Waals surface area contributed by atoms with E-state index in [0.717, 1.165) is 44.7 Å². The van der Waals surface area contributed by atoms with E-state index in [1.165, 1.54) is 64.2 Å². The van der Waals surface area contributed by atoms with Crippen LogP contribution in [-0.2, 0) is 0 Å². The Labute approximate surface area is 338 Å². The van der Waals surface area contributed by atoms with Crippen LogP contribution in [0.4, 0.5) is 17.1 Å². The second kappa shape index (κ2) is 13.1. The SMILES string of the molecule is c1ccc(-n2c3ccccc3c3cc(-c4ccc(N(c5ccc(-c6ccc7sc8ccccc8c7c6)cc5)c5ccc6c(c5)oc5ccccc56)cc4)ccc32)cc1.